The summed E-state index contributed by atoms with van der Waals surface area (Å²) in [4.78, 5) is 10.6. The molecule has 0 bridgehead atoms. The molecule has 3 heterocycles. The lowest BCUT2D eigenvalue weighted by Crippen LogP contribution is -2.23. The van der Waals surface area contributed by atoms with Gasteiger partial charge in [0, 0.05) is 24.0 Å². The van der Waals surface area contributed by atoms with Crippen molar-refractivity contribution in [3.8, 4) is 11.5 Å². The molecule has 1 atom stereocenters. The maximum absolute atomic E-state index is 5.89. The van der Waals surface area contributed by atoms with E-state index < -0.39 is 0 Å². The van der Waals surface area contributed by atoms with E-state index >= 15 is 0 Å². The van der Waals surface area contributed by atoms with Gasteiger partial charge in [0.15, 0.2) is 0 Å². The van der Waals surface area contributed by atoms with Crippen molar-refractivity contribution in [2.24, 2.45) is 0 Å². The molecule has 0 spiro atoms. The number of hydrogen-bond donors (Lipinski definition) is 1. The standard InChI is InChI=1S/C19H21N3O/c1-14-17(21-19(23-14)15-7-3-2-4-8-15)13-22-12-6-10-18(22)16-9-5-11-20-16/h2-5,7-9,11,18,20H,6,10,12-13H2,1H3. The average Bonchev–Trinajstić information content (AvgIpc) is 3.30. The molecule has 4 rings (SSSR count). The summed E-state index contributed by atoms with van der Waals surface area (Å²) in [5, 5.41) is 0. The van der Waals surface area contributed by atoms with E-state index in [1.165, 1.54) is 18.5 Å². The SMILES string of the molecule is Cc1oc(-c2ccccc2)nc1CN1CCCC1c1ccc[nH]1. The van der Waals surface area contributed by atoms with Crippen LogP contribution in [0, 0.1) is 6.92 Å². The highest BCUT2D eigenvalue weighted by atomic mass is 16.4. The first-order valence-electron chi connectivity index (χ1n) is 8.20. The second-order valence-electron chi connectivity index (χ2n) is 6.14. The van der Waals surface area contributed by atoms with Crippen molar-refractivity contribution in [1.82, 2.24) is 14.9 Å². The third kappa shape index (κ3) is 2.82. The summed E-state index contributed by atoms with van der Waals surface area (Å²) in [7, 11) is 0. The van der Waals surface area contributed by atoms with Gasteiger partial charge in [0.25, 0.3) is 0 Å². The molecule has 1 unspecified atom stereocenters. The Bertz CT molecular complexity index is 761. The highest BCUT2D eigenvalue weighted by Gasteiger charge is 2.28. The molecule has 4 heteroatoms. The molecule has 1 aromatic carbocycles. The van der Waals surface area contributed by atoms with Gasteiger partial charge in [-0.25, -0.2) is 4.98 Å². The van der Waals surface area contributed by atoms with Crippen molar-refractivity contribution in [3.05, 3.63) is 65.8 Å². The fourth-order valence-corrected chi connectivity index (χ4v) is 3.39. The van der Waals surface area contributed by atoms with E-state index in [1.807, 2.05) is 43.5 Å². The third-order valence-corrected chi connectivity index (χ3v) is 4.61. The van der Waals surface area contributed by atoms with Gasteiger partial charge >= 0.3 is 0 Å². The molecular formula is C19H21N3O. The normalized spacial score (nSPS) is 18.6. The van der Waals surface area contributed by atoms with E-state index in [0.717, 1.165) is 30.1 Å². The van der Waals surface area contributed by atoms with Crippen LogP contribution in [0.1, 0.15) is 36.0 Å². The minimum atomic E-state index is 0.460. The summed E-state index contributed by atoms with van der Waals surface area (Å²) in [6.45, 7) is 3.96. The lowest BCUT2D eigenvalue weighted by Gasteiger charge is -2.22. The Balaban J connectivity index is 1.56. The molecule has 1 saturated heterocycles. The van der Waals surface area contributed by atoms with E-state index in [9.17, 15) is 0 Å². The highest BCUT2D eigenvalue weighted by Crippen LogP contribution is 2.33. The van der Waals surface area contributed by atoms with Crippen molar-refractivity contribution in [2.75, 3.05) is 6.54 Å². The van der Waals surface area contributed by atoms with Crippen LogP contribution in [0.25, 0.3) is 11.5 Å². The van der Waals surface area contributed by atoms with Gasteiger partial charge in [-0.15, -0.1) is 0 Å². The fraction of sp³-hybridized carbons (Fsp3) is 0.316. The molecule has 0 aliphatic carbocycles. The van der Waals surface area contributed by atoms with Crippen LogP contribution in [0.15, 0.2) is 53.1 Å². The summed E-state index contributed by atoms with van der Waals surface area (Å²) in [5.74, 6) is 1.63. The molecule has 0 saturated carbocycles. The van der Waals surface area contributed by atoms with Crippen LogP contribution >= 0.6 is 0 Å². The molecule has 1 aliphatic heterocycles. The van der Waals surface area contributed by atoms with E-state index in [-0.39, 0.29) is 0 Å². The molecule has 118 valence electrons. The number of oxazole rings is 1. The molecule has 1 fully saturated rings. The van der Waals surface area contributed by atoms with Crippen molar-refractivity contribution >= 4 is 0 Å². The number of likely N-dealkylation sites (tertiary alicyclic amines) is 1. The number of rotatable bonds is 4. The van der Waals surface area contributed by atoms with Crippen LogP contribution < -0.4 is 0 Å². The molecule has 0 radical (unpaired) electrons. The van der Waals surface area contributed by atoms with Gasteiger partial charge in [-0.05, 0) is 50.6 Å². The van der Waals surface area contributed by atoms with Crippen LogP contribution in [0.5, 0.6) is 0 Å². The fourth-order valence-electron chi connectivity index (χ4n) is 3.39. The van der Waals surface area contributed by atoms with Gasteiger partial charge in [-0.2, -0.15) is 0 Å². The second-order valence-corrected chi connectivity index (χ2v) is 6.14. The van der Waals surface area contributed by atoms with Crippen LogP contribution in [0.2, 0.25) is 0 Å². The number of aromatic nitrogens is 2. The summed E-state index contributed by atoms with van der Waals surface area (Å²) in [6, 6.07) is 14.8. The van der Waals surface area contributed by atoms with E-state index in [4.69, 9.17) is 9.40 Å². The van der Waals surface area contributed by atoms with Crippen molar-refractivity contribution in [2.45, 2.75) is 32.4 Å². The Kier molecular flexibility index (Phi) is 3.75. The van der Waals surface area contributed by atoms with Gasteiger partial charge in [-0.1, -0.05) is 18.2 Å². The van der Waals surface area contributed by atoms with Crippen molar-refractivity contribution in [3.63, 3.8) is 0 Å². The lowest BCUT2D eigenvalue weighted by atomic mass is 10.1. The zero-order valence-corrected chi connectivity index (χ0v) is 13.3. The van der Waals surface area contributed by atoms with Crippen LogP contribution in [-0.4, -0.2) is 21.4 Å². The lowest BCUT2D eigenvalue weighted by molar-refractivity contribution is 0.241. The van der Waals surface area contributed by atoms with Gasteiger partial charge in [-0.3, -0.25) is 4.90 Å². The molecule has 4 nitrogen and oxygen atoms in total. The zero-order valence-electron chi connectivity index (χ0n) is 13.3. The molecule has 1 N–H and O–H groups in total. The largest absolute Gasteiger partial charge is 0.441 e. The maximum Gasteiger partial charge on any atom is 0.226 e. The minimum Gasteiger partial charge on any atom is -0.441 e. The van der Waals surface area contributed by atoms with E-state index in [2.05, 4.69) is 22.0 Å². The molecule has 1 aliphatic rings. The van der Waals surface area contributed by atoms with Crippen molar-refractivity contribution in [1.29, 1.82) is 0 Å². The summed E-state index contributed by atoms with van der Waals surface area (Å²) in [6.07, 6.45) is 4.43. The third-order valence-electron chi connectivity index (χ3n) is 4.61. The number of nitrogens with one attached hydrogen (secondary N) is 1. The van der Waals surface area contributed by atoms with Crippen LogP contribution in [0.4, 0.5) is 0 Å². The highest BCUT2D eigenvalue weighted by molar-refractivity contribution is 5.53. The number of nitrogens with zero attached hydrogens (tertiary/aromatic N) is 2. The van der Waals surface area contributed by atoms with E-state index in [1.54, 1.807) is 0 Å². The summed E-state index contributed by atoms with van der Waals surface area (Å²) in [5.41, 5.74) is 3.37. The number of benzene rings is 1. The molecular weight excluding hydrogens is 286 g/mol. The molecule has 23 heavy (non-hydrogen) atoms. The predicted octanol–water partition coefficient (Wildman–Crippen LogP) is 4.32. The Hall–Kier alpha value is -2.33. The number of H-pyrrole nitrogens is 1. The minimum absolute atomic E-state index is 0.460. The second kappa shape index (κ2) is 6.05. The number of aryl methyl sites for hydroxylation is 1. The van der Waals surface area contributed by atoms with Crippen molar-refractivity contribution < 1.29 is 4.42 Å². The Labute approximate surface area is 136 Å². The topological polar surface area (TPSA) is 45.1 Å². The Morgan fingerprint density at radius 3 is 2.87 bits per heavy atom. The van der Waals surface area contributed by atoms with Gasteiger partial charge in [0.2, 0.25) is 5.89 Å². The van der Waals surface area contributed by atoms with Gasteiger partial charge in [0.05, 0.1) is 11.7 Å². The molecule has 2 aromatic heterocycles. The predicted molar refractivity (Wildman–Crippen MR) is 89.9 cm³/mol. The maximum atomic E-state index is 5.89. The Morgan fingerprint density at radius 1 is 1.22 bits per heavy atom. The quantitative estimate of drug-likeness (QED) is 0.781. The monoisotopic (exact) mass is 307 g/mol. The van der Waals surface area contributed by atoms with Gasteiger partial charge < -0.3 is 9.40 Å². The first-order chi connectivity index (χ1) is 11.3. The van der Waals surface area contributed by atoms with E-state index in [0.29, 0.717) is 11.9 Å². The van der Waals surface area contributed by atoms with Crippen LogP contribution in [-0.2, 0) is 6.54 Å². The number of hydrogen-bond acceptors (Lipinski definition) is 3. The first-order valence-corrected chi connectivity index (χ1v) is 8.20. The average molecular weight is 307 g/mol. The first kappa shape index (κ1) is 14.3. The van der Waals surface area contributed by atoms with Crippen LogP contribution in [0.3, 0.4) is 0 Å². The molecule has 0 amide bonds. The summed E-state index contributed by atoms with van der Waals surface area (Å²) >= 11 is 0. The molecule has 3 aromatic rings. The van der Waals surface area contributed by atoms with Gasteiger partial charge in [0.1, 0.15) is 5.76 Å². The zero-order chi connectivity index (χ0) is 15.6. The number of aromatic amines is 1. The Morgan fingerprint density at radius 2 is 2.09 bits per heavy atom. The smallest absolute Gasteiger partial charge is 0.226 e. The summed E-state index contributed by atoms with van der Waals surface area (Å²) < 4.78 is 5.89.